The van der Waals surface area contributed by atoms with E-state index in [1.807, 2.05) is 0 Å². The van der Waals surface area contributed by atoms with Gasteiger partial charge in [-0.15, -0.1) is 0 Å². The standard InChI is InChI=1S/C8H8N2O4.C4H9.2ClH.Sn/c1-2-14-8(13)6-5(7(11)12)9-3-4-10-6;1-3-4-2;;;/h3-4H,2H2,1H3,(H,11,12);1,3-4H2,2H3;2*1H;/q;;;;+3/p-3. The topological polar surface area (TPSA) is 92.2 Å². The van der Waals surface area contributed by atoms with Gasteiger partial charge in [0.2, 0.25) is 0 Å². The number of hydrogen-bond acceptors (Lipinski definition) is 6. The number of esters is 1. The Morgan fingerprint density at radius 3 is 2.05 bits per heavy atom. The third-order valence-corrected chi connectivity index (χ3v) is 2.90. The number of ether oxygens (including phenoxy) is 1. The van der Waals surface area contributed by atoms with Gasteiger partial charge in [-0.2, -0.15) is 0 Å². The number of nitrogens with zero attached hydrogens (tertiary/aromatic N) is 2. The van der Waals surface area contributed by atoms with Crippen LogP contribution in [0.5, 0.6) is 0 Å². The molecule has 0 spiro atoms. The van der Waals surface area contributed by atoms with Crippen LogP contribution in [0, 0.1) is 0 Å². The van der Waals surface area contributed by atoms with Crippen LogP contribution in [-0.4, -0.2) is 51.0 Å². The minimum atomic E-state index is -1.55. The minimum Gasteiger partial charge on any atom is -1.00 e. The average Bonchev–Trinajstić information content (AvgIpc) is 2.40. The van der Waals surface area contributed by atoms with Gasteiger partial charge in [0.15, 0.2) is 5.69 Å². The molecule has 116 valence electrons. The van der Waals surface area contributed by atoms with Gasteiger partial charge in [-0.05, 0) is 6.92 Å². The maximum Gasteiger partial charge on any atom is 0.359 e. The van der Waals surface area contributed by atoms with Gasteiger partial charge in [-0.25, -0.2) is 9.78 Å². The summed E-state index contributed by atoms with van der Waals surface area (Å²) in [5, 5.41) is 10.5. The third-order valence-electron chi connectivity index (χ3n) is 1.89. The molecule has 1 heterocycles. The van der Waals surface area contributed by atoms with Crippen molar-refractivity contribution in [2.45, 2.75) is 31.1 Å². The first kappa shape index (κ1) is 25.4. The van der Waals surface area contributed by atoms with E-state index in [2.05, 4.69) is 21.6 Å². The molecule has 21 heavy (non-hydrogen) atoms. The Morgan fingerprint density at radius 2 is 1.71 bits per heavy atom. The normalized spacial score (nSPS) is 8.38. The van der Waals surface area contributed by atoms with Crippen molar-refractivity contribution in [2.24, 2.45) is 0 Å². The molecule has 0 saturated heterocycles. The fourth-order valence-electron chi connectivity index (χ4n) is 1.01. The maximum atomic E-state index is 11.2. The molecule has 0 atom stereocenters. The first-order chi connectivity index (χ1) is 9.08. The van der Waals surface area contributed by atoms with Crippen LogP contribution in [0.15, 0.2) is 12.4 Å². The van der Waals surface area contributed by atoms with Gasteiger partial charge < -0.3 is 39.5 Å². The van der Waals surface area contributed by atoms with Crippen LogP contribution < -0.4 is 29.9 Å². The number of carboxylic acids is 1. The van der Waals surface area contributed by atoms with Gasteiger partial charge in [0, 0.05) is 12.4 Å². The molecular formula is C12H16Cl2N2O4Sn. The van der Waals surface area contributed by atoms with Crippen LogP contribution in [0.4, 0.5) is 0 Å². The number of halogens is 2. The average molecular weight is 442 g/mol. The molecule has 0 N–H and O–H groups in total. The Balaban J connectivity index is -0.000000405. The second kappa shape index (κ2) is 15.8. The van der Waals surface area contributed by atoms with Gasteiger partial charge >= 0.3 is 52.7 Å². The van der Waals surface area contributed by atoms with Crippen molar-refractivity contribution in [1.29, 1.82) is 0 Å². The Bertz CT molecular complexity index is 420. The number of aromatic carboxylic acids is 1. The molecule has 1 aromatic rings. The molecule has 0 fully saturated rings. The first-order valence-electron chi connectivity index (χ1n) is 5.92. The summed E-state index contributed by atoms with van der Waals surface area (Å²) >= 11 is 1.68. The quantitative estimate of drug-likeness (QED) is 0.334. The maximum absolute atomic E-state index is 11.2. The Hall–Kier alpha value is -0.601. The van der Waals surface area contributed by atoms with Gasteiger partial charge in [-0.3, -0.25) is 4.98 Å². The van der Waals surface area contributed by atoms with Gasteiger partial charge in [0.25, 0.3) is 0 Å². The van der Waals surface area contributed by atoms with Gasteiger partial charge in [0.05, 0.1) is 12.6 Å². The monoisotopic (exact) mass is 442 g/mol. The van der Waals surface area contributed by atoms with Crippen molar-refractivity contribution in [3.63, 3.8) is 0 Å². The van der Waals surface area contributed by atoms with Crippen molar-refractivity contribution in [3.8, 4) is 0 Å². The van der Waals surface area contributed by atoms with Crippen molar-refractivity contribution >= 4 is 34.5 Å². The molecule has 0 aliphatic rings. The van der Waals surface area contributed by atoms with Gasteiger partial charge in [0.1, 0.15) is 5.69 Å². The third kappa shape index (κ3) is 10.7. The summed E-state index contributed by atoms with van der Waals surface area (Å²) in [5.74, 6) is -2.37. The van der Waals surface area contributed by atoms with Crippen LogP contribution in [0.25, 0.3) is 0 Å². The molecule has 0 aliphatic heterocycles. The summed E-state index contributed by atoms with van der Waals surface area (Å²) < 4.78 is 6.02. The molecular weight excluding hydrogens is 426 g/mol. The fraction of sp³-hybridized carbons (Fsp3) is 0.500. The molecule has 0 aliphatic carbocycles. The molecule has 9 heteroatoms. The summed E-state index contributed by atoms with van der Waals surface area (Å²) in [5.41, 5.74) is -0.847. The van der Waals surface area contributed by atoms with Crippen molar-refractivity contribution in [3.05, 3.63) is 23.8 Å². The van der Waals surface area contributed by atoms with E-state index in [0.29, 0.717) is 0 Å². The van der Waals surface area contributed by atoms with Crippen LogP contribution in [0.1, 0.15) is 47.7 Å². The Labute approximate surface area is 150 Å². The minimum absolute atomic E-state index is 0. The van der Waals surface area contributed by atoms with E-state index < -0.39 is 17.6 Å². The first-order valence-corrected chi connectivity index (χ1v) is 7.94. The van der Waals surface area contributed by atoms with Crippen LogP contribution in [0.2, 0.25) is 4.44 Å². The summed E-state index contributed by atoms with van der Waals surface area (Å²) in [7, 11) is 0. The summed E-state index contributed by atoms with van der Waals surface area (Å²) in [6.45, 7) is 3.97. The molecule has 0 amide bonds. The second-order valence-corrected chi connectivity index (χ2v) is 4.79. The van der Waals surface area contributed by atoms with Gasteiger partial charge in [-0.1, -0.05) is 0 Å². The molecule has 0 radical (unpaired) electrons. The zero-order chi connectivity index (χ0) is 14.7. The number of carbonyl (C=O) groups excluding carboxylic acids is 2. The van der Waals surface area contributed by atoms with E-state index in [4.69, 9.17) is 0 Å². The smallest absolute Gasteiger partial charge is 0.359 e. The largest absolute Gasteiger partial charge is 1.00 e. The summed E-state index contributed by atoms with van der Waals surface area (Å²) in [4.78, 5) is 28.7. The number of carboxylic acid groups (broad SMARTS) is 1. The van der Waals surface area contributed by atoms with E-state index in [1.54, 1.807) is 29.4 Å². The molecule has 1 aromatic heterocycles. The van der Waals surface area contributed by atoms with Crippen molar-refractivity contribution < 1.29 is 44.2 Å². The summed E-state index contributed by atoms with van der Waals surface area (Å²) in [6.07, 6.45) is 5.16. The van der Waals surface area contributed by atoms with Crippen LogP contribution in [0.3, 0.4) is 0 Å². The van der Waals surface area contributed by atoms with Crippen LogP contribution >= 0.6 is 0 Å². The molecule has 1 rings (SSSR count). The molecule has 6 nitrogen and oxygen atoms in total. The van der Waals surface area contributed by atoms with E-state index in [1.165, 1.54) is 23.5 Å². The second-order valence-electron chi connectivity index (χ2n) is 3.37. The van der Waals surface area contributed by atoms with E-state index in [-0.39, 0.29) is 37.1 Å². The summed E-state index contributed by atoms with van der Waals surface area (Å²) in [6, 6.07) is 0. The predicted octanol–water partition coefficient (Wildman–Crippen LogP) is -5.60. The van der Waals surface area contributed by atoms with Crippen molar-refractivity contribution in [2.75, 3.05) is 6.61 Å². The number of rotatable bonds is 5. The Morgan fingerprint density at radius 1 is 1.19 bits per heavy atom. The van der Waals surface area contributed by atoms with Crippen LogP contribution in [-0.2, 0) is 4.74 Å². The van der Waals surface area contributed by atoms with Crippen molar-refractivity contribution in [1.82, 2.24) is 9.97 Å². The number of hydrogen-bond donors (Lipinski definition) is 0. The predicted molar refractivity (Wildman–Crippen MR) is 67.8 cm³/mol. The Kier molecular flexibility index (Phi) is 19.1. The van der Waals surface area contributed by atoms with E-state index in [9.17, 15) is 14.7 Å². The fourth-order valence-corrected chi connectivity index (χ4v) is 2.02. The molecule has 0 unspecified atom stereocenters. The zero-order valence-electron chi connectivity index (χ0n) is 11.8. The zero-order valence-corrected chi connectivity index (χ0v) is 16.1. The molecule has 0 saturated carbocycles. The number of aromatic nitrogens is 2. The number of carbonyl (C=O) groups is 2. The molecule has 0 aromatic carbocycles. The number of unbranched alkanes of at least 4 members (excludes halogenated alkanes) is 1. The SMILES string of the molecule is CCC[CH2][Sn+3].CCOC(=O)c1nccnc1C(=O)[O-].[Cl-].[Cl-]. The van der Waals surface area contributed by atoms with E-state index >= 15 is 0 Å². The van der Waals surface area contributed by atoms with E-state index in [0.717, 1.165) is 6.20 Å². The molecule has 0 bridgehead atoms.